The van der Waals surface area contributed by atoms with E-state index in [2.05, 4.69) is 4.98 Å². The van der Waals surface area contributed by atoms with E-state index in [0.29, 0.717) is 24.2 Å². The molecule has 0 radical (unpaired) electrons. The number of aliphatic carboxylic acids is 1. The molecule has 0 saturated carbocycles. The minimum atomic E-state index is -1.03. The van der Waals surface area contributed by atoms with E-state index < -0.39 is 5.97 Å². The number of nitrogens with zero attached hydrogens (tertiary/aromatic N) is 2. The van der Waals surface area contributed by atoms with Crippen LogP contribution in [0, 0.1) is 0 Å². The maximum absolute atomic E-state index is 12.2. The van der Waals surface area contributed by atoms with Gasteiger partial charge >= 0.3 is 5.97 Å². The Morgan fingerprint density at radius 3 is 2.68 bits per heavy atom. The quantitative estimate of drug-likeness (QED) is 0.796. The van der Waals surface area contributed by atoms with Gasteiger partial charge in [-0.1, -0.05) is 6.92 Å². The van der Waals surface area contributed by atoms with Crippen molar-refractivity contribution < 1.29 is 14.7 Å². The van der Waals surface area contributed by atoms with Crippen LogP contribution in [0.15, 0.2) is 24.5 Å². The molecule has 0 aromatic carbocycles. The fourth-order valence-electron chi connectivity index (χ4n) is 1.69. The molecule has 0 aliphatic heterocycles. The Balaban J connectivity index is 2.92. The van der Waals surface area contributed by atoms with E-state index in [-0.39, 0.29) is 5.91 Å². The van der Waals surface area contributed by atoms with Crippen LogP contribution in [0.2, 0.25) is 0 Å². The number of carboxylic acids is 1. The van der Waals surface area contributed by atoms with Gasteiger partial charge in [-0.25, -0.2) is 4.79 Å². The van der Waals surface area contributed by atoms with Gasteiger partial charge in [-0.05, 0) is 31.1 Å². The van der Waals surface area contributed by atoms with E-state index >= 15 is 0 Å². The number of pyridine rings is 1. The SMILES string of the molecule is CCCN(CC)C(=O)c1cncc(/C=C/C(=O)O)c1. The molecule has 0 unspecified atom stereocenters. The smallest absolute Gasteiger partial charge is 0.328 e. The molecular weight excluding hydrogens is 244 g/mol. The zero-order valence-electron chi connectivity index (χ0n) is 11.2. The molecule has 1 rings (SSSR count). The van der Waals surface area contributed by atoms with Gasteiger partial charge in [0.05, 0.1) is 5.56 Å². The van der Waals surface area contributed by atoms with Crippen molar-refractivity contribution in [1.82, 2.24) is 9.88 Å². The molecule has 0 bridgehead atoms. The number of amides is 1. The zero-order chi connectivity index (χ0) is 14.3. The first-order chi connectivity index (χ1) is 9.08. The highest BCUT2D eigenvalue weighted by molar-refractivity contribution is 5.94. The van der Waals surface area contributed by atoms with Gasteiger partial charge in [-0.3, -0.25) is 9.78 Å². The summed E-state index contributed by atoms with van der Waals surface area (Å²) in [5.41, 5.74) is 1.07. The minimum absolute atomic E-state index is 0.0811. The Kier molecular flexibility index (Phi) is 5.73. The number of hydrogen-bond donors (Lipinski definition) is 1. The summed E-state index contributed by atoms with van der Waals surface area (Å²) in [6.07, 6.45) is 6.35. The van der Waals surface area contributed by atoms with Crippen LogP contribution in [0.25, 0.3) is 6.08 Å². The normalized spacial score (nSPS) is 10.6. The van der Waals surface area contributed by atoms with Crippen LogP contribution in [0.4, 0.5) is 0 Å². The van der Waals surface area contributed by atoms with Crippen LogP contribution in [0.3, 0.4) is 0 Å². The van der Waals surface area contributed by atoms with Gasteiger partial charge < -0.3 is 10.0 Å². The van der Waals surface area contributed by atoms with Gasteiger partial charge in [0.1, 0.15) is 0 Å². The van der Waals surface area contributed by atoms with E-state index in [9.17, 15) is 9.59 Å². The molecule has 5 heteroatoms. The Labute approximate surface area is 112 Å². The Hall–Kier alpha value is -2.17. The largest absolute Gasteiger partial charge is 0.478 e. The van der Waals surface area contributed by atoms with Gasteiger partial charge in [0, 0.05) is 31.6 Å². The summed E-state index contributed by atoms with van der Waals surface area (Å²) < 4.78 is 0. The summed E-state index contributed by atoms with van der Waals surface area (Å²) in [5.74, 6) is -1.11. The third-order valence-corrected chi connectivity index (χ3v) is 2.59. The van der Waals surface area contributed by atoms with Crippen LogP contribution in [-0.2, 0) is 4.79 Å². The standard InChI is InChI=1S/C14H18N2O3/c1-3-7-16(4-2)14(19)12-8-11(9-15-10-12)5-6-13(17)18/h5-6,8-10H,3-4,7H2,1-2H3,(H,17,18)/b6-5+. The van der Waals surface area contributed by atoms with Gasteiger partial charge in [-0.2, -0.15) is 0 Å². The Morgan fingerprint density at radius 1 is 1.37 bits per heavy atom. The van der Waals surface area contributed by atoms with Gasteiger partial charge in [0.25, 0.3) is 5.91 Å². The van der Waals surface area contributed by atoms with Crippen molar-refractivity contribution in [1.29, 1.82) is 0 Å². The van der Waals surface area contributed by atoms with Crippen LogP contribution in [0.5, 0.6) is 0 Å². The molecule has 0 fully saturated rings. The summed E-state index contributed by atoms with van der Waals surface area (Å²) in [7, 11) is 0. The maximum Gasteiger partial charge on any atom is 0.328 e. The number of carbonyl (C=O) groups is 2. The molecule has 102 valence electrons. The Bertz CT molecular complexity index is 483. The van der Waals surface area contributed by atoms with Gasteiger partial charge in [0.2, 0.25) is 0 Å². The first-order valence-electron chi connectivity index (χ1n) is 6.23. The molecule has 19 heavy (non-hydrogen) atoms. The van der Waals surface area contributed by atoms with Crippen molar-refractivity contribution in [2.75, 3.05) is 13.1 Å². The van der Waals surface area contributed by atoms with E-state index in [4.69, 9.17) is 5.11 Å². The average Bonchev–Trinajstić information content (AvgIpc) is 2.42. The van der Waals surface area contributed by atoms with Crippen molar-refractivity contribution in [3.8, 4) is 0 Å². The molecule has 0 aliphatic carbocycles. The molecule has 5 nitrogen and oxygen atoms in total. The van der Waals surface area contributed by atoms with Gasteiger partial charge in [-0.15, -0.1) is 0 Å². The highest BCUT2D eigenvalue weighted by atomic mass is 16.4. The topological polar surface area (TPSA) is 70.5 Å². The summed E-state index contributed by atoms with van der Waals surface area (Å²) in [5, 5.41) is 8.57. The highest BCUT2D eigenvalue weighted by Crippen LogP contribution is 2.08. The predicted octanol–water partition coefficient (Wildman–Crippen LogP) is 2.05. The Morgan fingerprint density at radius 2 is 2.11 bits per heavy atom. The lowest BCUT2D eigenvalue weighted by Gasteiger charge is -2.19. The molecule has 0 aliphatic rings. The summed E-state index contributed by atoms with van der Waals surface area (Å²) in [4.78, 5) is 28.4. The van der Waals surface area contributed by atoms with Crippen molar-refractivity contribution in [2.24, 2.45) is 0 Å². The molecule has 0 atom stereocenters. The molecular formula is C14H18N2O3. The van der Waals surface area contributed by atoms with Crippen LogP contribution >= 0.6 is 0 Å². The number of hydrogen-bond acceptors (Lipinski definition) is 3. The second kappa shape index (κ2) is 7.31. The van der Waals surface area contributed by atoms with E-state index in [1.165, 1.54) is 18.5 Å². The fourth-order valence-corrected chi connectivity index (χ4v) is 1.69. The van der Waals surface area contributed by atoms with E-state index in [1.807, 2.05) is 13.8 Å². The van der Waals surface area contributed by atoms with E-state index in [1.54, 1.807) is 11.0 Å². The fraction of sp³-hybridized carbons (Fsp3) is 0.357. The lowest BCUT2D eigenvalue weighted by Crippen LogP contribution is -2.31. The monoisotopic (exact) mass is 262 g/mol. The van der Waals surface area contributed by atoms with Crippen LogP contribution < -0.4 is 0 Å². The number of carboxylic acid groups (broad SMARTS) is 1. The number of rotatable bonds is 6. The third kappa shape index (κ3) is 4.54. The first kappa shape index (κ1) is 14.9. The van der Waals surface area contributed by atoms with Crippen LogP contribution in [0.1, 0.15) is 36.2 Å². The molecule has 0 saturated heterocycles. The van der Waals surface area contributed by atoms with Crippen molar-refractivity contribution in [3.05, 3.63) is 35.7 Å². The van der Waals surface area contributed by atoms with Crippen molar-refractivity contribution >= 4 is 18.0 Å². The average molecular weight is 262 g/mol. The molecule has 0 spiro atoms. The lowest BCUT2D eigenvalue weighted by molar-refractivity contribution is -0.131. The lowest BCUT2D eigenvalue weighted by atomic mass is 10.1. The maximum atomic E-state index is 12.2. The van der Waals surface area contributed by atoms with Crippen molar-refractivity contribution in [2.45, 2.75) is 20.3 Å². The molecule has 1 heterocycles. The van der Waals surface area contributed by atoms with E-state index in [0.717, 1.165) is 12.5 Å². The summed E-state index contributed by atoms with van der Waals surface area (Å²) in [6, 6.07) is 1.65. The molecule has 1 N–H and O–H groups in total. The molecule has 1 aromatic rings. The second-order valence-electron chi connectivity index (χ2n) is 4.06. The number of aromatic nitrogens is 1. The highest BCUT2D eigenvalue weighted by Gasteiger charge is 2.13. The summed E-state index contributed by atoms with van der Waals surface area (Å²) in [6.45, 7) is 5.28. The van der Waals surface area contributed by atoms with Crippen LogP contribution in [-0.4, -0.2) is 40.0 Å². The first-order valence-corrected chi connectivity index (χ1v) is 6.23. The van der Waals surface area contributed by atoms with Crippen molar-refractivity contribution in [3.63, 3.8) is 0 Å². The van der Waals surface area contributed by atoms with Gasteiger partial charge in [0.15, 0.2) is 0 Å². The molecule has 1 aromatic heterocycles. The summed E-state index contributed by atoms with van der Waals surface area (Å²) >= 11 is 0. The third-order valence-electron chi connectivity index (χ3n) is 2.59. The molecule has 1 amide bonds. The number of carbonyl (C=O) groups excluding carboxylic acids is 1. The second-order valence-corrected chi connectivity index (χ2v) is 4.06. The minimum Gasteiger partial charge on any atom is -0.478 e. The zero-order valence-corrected chi connectivity index (χ0v) is 11.2. The predicted molar refractivity (Wildman–Crippen MR) is 72.8 cm³/mol.